The highest BCUT2D eigenvalue weighted by molar-refractivity contribution is 5.56. The molecule has 1 heterocycles. The van der Waals surface area contributed by atoms with Gasteiger partial charge < -0.3 is 9.84 Å². The Bertz CT molecular complexity index is 130. The van der Waals surface area contributed by atoms with E-state index in [1.807, 2.05) is 0 Å². The number of aliphatic hydroxyl groups is 1. The number of aldehydes is 1. The molecule has 0 amide bonds. The van der Waals surface area contributed by atoms with Crippen LogP contribution >= 0.6 is 0 Å². The number of aliphatic hydroxyl groups excluding tert-OH is 1. The smallest absolute Gasteiger partial charge is 0.160 e. The molecule has 0 aliphatic carbocycles. The molecule has 0 aromatic heterocycles. The summed E-state index contributed by atoms with van der Waals surface area (Å²) in [7, 11) is 0. The third kappa shape index (κ3) is 1.54. The van der Waals surface area contributed by atoms with E-state index in [2.05, 4.69) is 0 Å². The lowest BCUT2D eigenvalue weighted by Gasteiger charge is -2.16. The topological polar surface area (TPSA) is 46.5 Å². The van der Waals surface area contributed by atoms with E-state index in [1.54, 1.807) is 0 Å². The molecule has 0 saturated heterocycles. The molecule has 2 unspecified atom stereocenters. The van der Waals surface area contributed by atoms with Crippen molar-refractivity contribution in [3.05, 3.63) is 12.3 Å². The maximum atomic E-state index is 10.0. The fraction of sp³-hybridized carbons (Fsp3) is 0.500. The molecule has 2 atom stereocenters. The number of carbonyl (C=O) groups is 1. The van der Waals surface area contributed by atoms with Gasteiger partial charge in [0.25, 0.3) is 0 Å². The Morgan fingerprint density at radius 3 is 3.00 bits per heavy atom. The van der Waals surface area contributed by atoms with Gasteiger partial charge in [-0.15, -0.1) is 0 Å². The van der Waals surface area contributed by atoms with Gasteiger partial charge in [-0.1, -0.05) is 0 Å². The van der Waals surface area contributed by atoms with Crippen LogP contribution in [0.1, 0.15) is 6.42 Å². The van der Waals surface area contributed by atoms with E-state index in [0.29, 0.717) is 12.7 Å². The summed E-state index contributed by atoms with van der Waals surface area (Å²) in [5, 5.41) is 8.88. The van der Waals surface area contributed by atoms with Crippen molar-refractivity contribution in [3.63, 3.8) is 0 Å². The minimum absolute atomic E-state index is 0.375. The second-order valence-electron chi connectivity index (χ2n) is 1.94. The standard InChI is InChI=1S/C6H8O3/c7-4-6-3-5(8)1-2-9-6/h1-2,4-6,8H,3H2. The first-order valence-electron chi connectivity index (χ1n) is 2.78. The van der Waals surface area contributed by atoms with Crippen LogP contribution in [0.4, 0.5) is 0 Å². The van der Waals surface area contributed by atoms with Crippen molar-refractivity contribution in [2.24, 2.45) is 0 Å². The number of rotatable bonds is 1. The van der Waals surface area contributed by atoms with Crippen molar-refractivity contribution < 1.29 is 14.6 Å². The van der Waals surface area contributed by atoms with Crippen molar-refractivity contribution in [2.45, 2.75) is 18.6 Å². The van der Waals surface area contributed by atoms with E-state index in [9.17, 15) is 4.79 Å². The molecule has 3 heteroatoms. The average Bonchev–Trinajstić information content (AvgIpc) is 1.88. The van der Waals surface area contributed by atoms with Gasteiger partial charge >= 0.3 is 0 Å². The zero-order valence-corrected chi connectivity index (χ0v) is 4.86. The summed E-state index contributed by atoms with van der Waals surface area (Å²) in [6.45, 7) is 0. The first-order chi connectivity index (χ1) is 4.33. The summed E-state index contributed by atoms with van der Waals surface area (Å²) in [6, 6.07) is 0. The van der Waals surface area contributed by atoms with Crippen LogP contribution in [0.5, 0.6) is 0 Å². The maximum Gasteiger partial charge on any atom is 0.160 e. The molecule has 9 heavy (non-hydrogen) atoms. The molecular formula is C6H8O3. The van der Waals surface area contributed by atoms with Crippen LogP contribution in [-0.4, -0.2) is 23.6 Å². The minimum atomic E-state index is -0.519. The predicted octanol–water partition coefficient (Wildman–Crippen LogP) is -0.151. The second kappa shape index (κ2) is 2.64. The van der Waals surface area contributed by atoms with Gasteiger partial charge in [0.2, 0.25) is 0 Å². The molecule has 1 aliphatic rings. The predicted molar refractivity (Wildman–Crippen MR) is 30.7 cm³/mol. The van der Waals surface area contributed by atoms with Crippen molar-refractivity contribution in [1.82, 2.24) is 0 Å². The van der Waals surface area contributed by atoms with E-state index in [4.69, 9.17) is 9.84 Å². The summed E-state index contributed by atoms with van der Waals surface area (Å²) in [6.07, 6.45) is 2.96. The van der Waals surface area contributed by atoms with Gasteiger partial charge in [0.05, 0.1) is 12.4 Å². The molecule has 0 saturated carbocycles. The Kier molecular flexibility index (Phi) is 1.85. The largest absolute Gasteiger partial charge is 0.491 e. The second-order valence-corrected chi connectivity index (χ2v) is 1.94. The fourth-order valence-electron chi connectivity index (χ4n) is 0.697. The van der Waals surface area contributed by atoms with Crippen molar-refractivity contribution in [2.75, 3.05) is 0 Å². The van der Waals surface area contributed by atoms with E-state index in [1.165, 1.54) is 12.3 Å². The number of ether oxygens (including phenoxy) is 1. The lowest BCUT2D eigenvalue weighted by Crippen LogP contribution is -2.22. The third-order valence-corrected chi connectivity index (χ3v) is 1.18. The van der Waals surface area contributed by atoms with Crippen molar-refractivity contribution in [1.29, 1.82) is 0 Å². The molecule has 1 rings (SSSR count). The molecule has 0 radical (unpaired) electrons. The first kappa shape index (κ1) is 6.29. The Balaban J connectivity index is 2.46. The van der Waals surface area contributed by atoms with E-state index in [-0.39, 0.29) is 0 Å². The molecule has 0 aromatic rings. The first-order valence-corrected chi connectivity index (χ1v) is 2.78. The Hall–Kier alpha value is -0.830. The average molecular weight is 128 g/mol. The van der Waals surface area contributed by atoms with Gasteiger partial charge in [0.1, 0.15) is 0 Å². The molecule has 1 N–H and O–H groups in total. The van der Waals surface area contributed by atoms with E-state index in [0.717, 1.165) is 0 Å². The minimum Gasteiger partial charge on any atom is -0.491 e. The van der Waals surface area contributed by atoms with Crippen LogP contribution in [-0.2, 0) is 9.53 Å². The zero-order chi connectivity index (χ0) is 6.69. The number of hydrogen-bond donors (Lipinski definition) is 1. The SMILES string of the molecule is O=CC1CC(O)C=CO1. The van der Waals surface area contributed by atoms with Crippen LogP contribution in [0, 0.1) is 0 Å². The van der Waals surface area contributed by atoms with Crippen LogP contribution in [0.25, 0.3) is 0 Å². The molecule has 0 fully saturated rings. The van der Waals surface area contributed by atoms with E-state index < -0.39 is 12.2 Å². The van der Waals surface area contributed by atoms with Gasteiger partial charge in [-0.2, -0.15) is 0 Å². The van der Waals surface area contributed by atoms with Crippen molar-refractivity contribution >= 4 is 6.29 Å². The quantitative estimate of drug-likeness (QED) is 0.499. The van der Waals surface area contributed by atoms with Gasteiger partial charge in [-0.05, 0) is 6.08 Å². The fourth-order valence-corrected chi connectivity index (χ4v) is 0.697. The molecule has 50 valence electrons. The van der Waals surface area contributed by atoms with Gasteiger partial charge in [-0.25, -0.2) is 0 Å². The molecule has 3 nitrogen and oxygen atoms in total. The summed E-state index contributed by atoms with van der Waals surface area (Å²) >= 11 is 0. The maximum absolute atomic E-state index is 10.0. The highest BCUT2D eigenvalue weighted by atomic mass is 16.5. The summed E-state index contributed by atoms with van der Waals surface area (Å²) in [5.74, 6) is 0. The molecule has 0 bridgehead atoms. The van der Waals surface area contributed by atoms with Crippen LogP contribution < -0.4 is 0 Å². The molecule has 0 aromatic carbocycles. The normalized spacial score (nSPS) is 33.4. The highest BCUT2D eigenvalue weighted by Gasteiger charge is 2.15. The Morgan fingerprint density at radius 2 is 2.56 bits per heavy atom. The van der Waals surface area contributed by atoms with Crippen molar-refractivity contribution in [3.8, 4) is 0 Å². The number of carbonyl (C=O) groups excluding carboxylic acids is 1. The van der Waals surface area contributed by atoms with E-state index >= 15 is 0 Å². The van der Waals surface area contributed by atoms with Crippen LogP contribution in [0.2, 0.25) is 0 Å². The Labute approximate surface area is 52.9 Å². The third-order valence-electron chi connectivity index (χ3n) is 1.18. The lowest BCUT2D eigenvalue weighted by molar-refractivity contribution is -0.117. The van der Waals surface area contributed by atoms with Crippen LogP contribution in [0.3, 0.4) is 0 Å². The van der Waals surface area contributed by atoms with Gasteiger partial charge in [0.15, 0.2) is 12.4 Å². The molecular weight excluding hydrogens is 120 g/mol. The zero-order valence-electron chi connectivity index (χ0n) is 4.86. The van der Waals surface area contributed by atoms with Crippen LogP contribution in [0.15, 0.2) is 12.3 Å². The Morgan fingerprint density at radius 1 is 1.78 bits per heavy atom. The highest BCUT2D eigenvalue weighted by Crippen LogP contribution is 2.08. The summed E-state index contributed by atoms with van der Waals surface area (Å²) in [5.41, 5.74) is 0. The summed E-state index contributed by atoms with van der Waals surface area (Å²) in [4.78, 5) is 10.0. The number of hydrogen-bond acceptors (Lipinski definition) is 3. The molecule has 0 spiro atoms. The van der Waals surface area contributed by atoms with Gasteiger partial charge in [-0.3, -0.25) is 4.79 Å². The monoisotopic (exact) mass is 128 g/mol. The van der Waals surface area contributed by atoms with Gasteiger partial charge in [0, 0.05) is 6.42 Å². The molecule has 1 aliphatic heterocycles. The summed E-state index contributed by atoms with van der Waals surface area (Å²) < 4.78 is 4.79. The lowest BCUT2D eigenvalue weighted by atomic mass is 10.1.